The highest BCUT2D eigenvalue weighted by molar-refractivity contribution is 5.53. The van der Waals surface area contributed by atoms with Gasteiger partial charge in [0, 0.05) is 29.8 Å². The van der Waals surface area contributed by atoms with Crippen molar-refractivity contribution in [1.82, 2.24) is 29.3 Å². The molecule has 0 aliphatic rings. The van der Waals surface area contributed by atoms with Gasteiger partial charge in [0.05, 0.1) is 26.2 Å². The maximum atomic E-state index is 5.41. The molecule has 1 N–H and O–H groups in total. The van der Waals surface area contributed by atoms with E-state index in [0.717, 1.165) is 34.2 Å². The van der Waals surface area contributed by atoms with Crippen LogP contribution in [0.25, 0.3) is 17.2 Å². The third kappa shape index (κ3) is 2.80. The quantitative estimate of drug-likeness (QED) is 0.609. The van der Waals surface area contributed by atoms with Crippen LogP contribution in [0.15, 0.2) is 55.4 Å². The number of rotatable bonds is 5. The standard InChI is InChI=1S/C18H18N6O/c1-13-17(21-12-20-13)18-19-7-8-23(18)10-14-9-22-24(11-14)15-5-3-4-6-16(15)25-2/h3-9,11-12H,10H2,1-2H3,(H,20,21). The molecule has 3 aromatic heterocycles. The molecule has 7 heteroatoms. The number of methoxy groups -OCH3 is 1. The number of hydrogen-bond acceptors (Lipinski definition) is 4. The molecule has 0 fully saturated rings. The van der Waals surface area contributed by atoms with Crippen molar-refractivity contribution in [3.05, 3.63) is 66.6 Å². The van der Waals surface area contributed by atoms with Crippen LogP contribution >= 0.6 is 0 Å². The van der Waals surface area contributed by atoms with E-state index in [-0.39, 0.29) is 0 Å². The minimum atomic E-state index is 0.663. The van der Waals surface area contributed by atoms with Gasteiger partial charge < -0.3 is 14.3 Å². The summed E-state index contributed by atoms with van der Waals surface area (Å²) in [5.74, 6) is 1.62. The molecule has 0 saturated carbocycles. The Labute approximate surface area is 144 Å². The van der Waals surface area contributed by atoms with Crippen LogP contribution < -0.4 is 4.74 Å². The number of H-pyrrole nitrogens is 1. The van der Waals surface area contributed by atoms with Crippen molar-refractivity contribution < 1.29 is 4.74 Å². The van der Waals surface area contributed by atoms with Gasteiger partial charge >= 0.3 is 0 Å². The normalized spacial score (nSPS) is 11.0. The fourth-order valence-corrected chi connectivity index (χ4v) is 2.83. The maximum absolute atomic E-state index is 5.41. The highest BCUT2D eigenvalue weighted by atomic mass is 16.5. The second-order valence-electron chi connectivity index (χ2n) is 5.72. The average Bonchev–Trinajstić information content (AvgIpc) is 3.36. The second kappa shape index (κ2) is 6.27. The number of imidazole rings is 2. The van der Waals surface area contributed by atoms with Crippen LogP contribution in [-0.4, -0.2) is 36.4 Å². The summed E-state index contributed by atoms with van der Waals surface area (Å²) in [5, 5.41) is 4.47. The second-order valence-corrected chi connectivity index (χ2v) is 5.72. The van der Waals surface area contributed by atoms with Crippen molar-refractivity contribution in [2.75, 3.05) is 7.11 Å². The van der Waals surface area contributed by atoms with E-state index in [1.54, 1.807) is 19.6 Å². The van der Waals surface area contributed by atoms with Gasteiger partial charge in [0.25, 0.3) is 0 Å². The van der Waals surface area contributed by atoms with E-state index in [0.29, 0.717) is 6.54 Å². The summed E-state index contributed by atoms with van der Waals surface area (Å²) in [4.78, 5) is 11.9. The molecule has 1 aromatic carbocycles. The lowest BCUT2D eigenvalue weighted by molar-refractivity contribution is 0.411. The summed E-state index contributed by atoms with van der Waals surface area (Å²) in [6.45, 7) is 2.65. The third-order valence-corrected chi connectivity index (χ3v) is 4.08. The molecule has 0 radical (unpaired) electrons. The molecular formula is C18H18N6O. The van der Waals surface area contributed by atoms with Crippen molar-refractivity contribution in [2.24, 2.45) is 0 Å². The van der Waals surface area contributed by atoms with Crippen LogP contribution in [0.4, 0.5) is 0 Å². The van der Waals surface area contributed by atoms with E-state index in [4.69, 9.17) is 4.74 Å². The highest BCUT2D eigenvalue weighted by Crippen LogP contribution is 2.23. The predicted molar refractivity (Wildman–Crippen MR) is 93.8 cm³/mol. The van der Waals surface area contributed by atoms with E-state index in [1.807, 2.05) is 54.5 Å². The lowest BCUT2D eigenvalue weighted by Crippen LogP contribution is -2.02. The number of aromatic nitrogens is 6. The molecule has 3 heterocycles. The first kappa shape index (κ1) is 15.2. The number of nitrogens with one attached hydrogen (secondary N) is 1. The number of ether oxygens (including phenoxy) is 1. The van der Waals surface area contributed by atoms with E-state index < -0.39 is 0 Å². The number of aryl methyl sites for hydroxylation is 1. The van der Waals surface area contributed by atoms with Crippen LogP contribution in [0, 0.1) is 6.92 Å². The highest BCUT2D eigenvalue weighted by Gasteiger charge is 2.13. The summed E-state index contributed by atoms with van der Waals surface area (Å²) in [6, 6.07) is 7.81. The van der Waals surface area contributed by atoms with E-state index in [9.17, 15) is 0 Å². The number of aromatic amines is 1. The Morgan fingerprint density at radius 3 is 2.88 bits per heavy atom. The molecule has 0 aliphatic carbocycles. The van der Waals surface area contributed by atoms with Crippen LogP contribution in [0.2, 0.25) is 0 Å². The lowest BCUT2D eigenvalue weighted by atomic mass is 10.3. The van der Waals surface area contributed by atoms with E-state index in [1.165, 1.54) is 0 Å². The molecule has 0 bridgehead atoms. The van der Waals surface area contributed by atoms with Gasteiger partial charge in [0.1, 0.15) is 17.1 Å². The van der Waals surface area contributed by atoms with Crippen LogP contribution in [-0.2, 0) is 6.54 Å². The zero-order valence-electron chi connectivity index (χ0n) is 14.0. The minimum Gasteiger partial charge on any atom is -0.494 e. The van der Waals surface area contributed by atoms with Crippen LogP contribution in [0.5, 0.6) is 5.75 Å². The van der Waals surface area contributed by atoms with Crippen molar-refractivity contribution in [3.8, 4) is 23.0 Å². The van der Waals surface area contributed by atoms with Crippen LogP contribution in [0.3, 0.4) is 0 Å². The summed E-state index contributed by atoms with van der Waals surface area (Å²) < 4.78 is 9.29. The summed E-state index contributed by atoms with van der Waals surface area (Å²) >= 11 is 0. The van der Waals surface area contributed by atoms with Gasteiger partial charge in [-0.25, -0.2) is 14.6 Å². The first-order valence-corrected chi connectivity index (χ1v) is 7.94. The largest absolute Gasteiger partial charge is 0.494 e. The Morgan fingerprint density at radius 2 is 2.08 bits per heavy atom. The topological polar surface area (TPSA) is 73.6 Å². The molecule has 7 nitrogen and oxygen atoms in total. The summed E-state index contributed by atoms with van der Waals surface area (Å²) in [6.07, 6.45) is 9.27. The van der Waals surface area contributed by atoms with Crippen molar-refractivity contribution in [2.45, 2.75) is 13.5 Å². The molecule has 4 aromatic rings. The number of hydrogen-bond donors (Lipinski definition) is 1. The number of nitrogens with zero attached hydrogens (tertiary/aromatic N) is 5. The third-order valence-electron chi connectivity index (χ3n) is 4.08. The molecule has 0 atom stereocenters. The zero-order chi connectivity index (χ0) is 17.2. The first-order chi connectivity index (χ1) is 12.3. The van der Waals surface area contributed by atoms with Gasteiger partial charge in [-0.2, -0.15) is 5.10 Å². The summed E-state index contributed by atoms with van der Waals surface area (Å²) in [7, 11) is 1.66. The molecular weight excluding hydrogens is 316 g/mol. The van der Waals surface area contributed by atoms with Gasteiger partial charge in [-0.3, -0.25) is 0 Å². The average molecular weight is 334 g/mol. The Kier molecular flexibility index (Phi) is 3.81. The number of para-hydroxylation sites is 2. The molecule has 4 rings (SSSR count). The lowest BCUT2D eigenvalue weighted by Gasteiger charge is -2.07. The Balaban J connectivity index is 1.63. The number of benzene rings is 1. The van der Waals surface area contributed by atoms with E-state index >= 15 is 0 Å². The SMILES string of the molecule is COc1ccccc1-n1cc(Cn2ccnc2-c2nc[nH]c2C)cn1. The van der Waals surface area contributed by atoms with Crippen molar-refractivity contribution >= 4 is 0 Å². The Hall–Kier alpha value is -3.35. The van der Waals surface area contributed by atoms with Crippen molar-refractivity contribution in [1.29, 1.82) is 0 Å². The maximum Gasteiger partial charge on any atom is 0.160 e. The monoisotopic (exact) mass is 334 g/mol. The van der Waals surface area contributed by atoms with Crippen molar-refractivity contribution in [3.63, 3.8) is 0 Å². The molecule has 0 saturated heterocycles. The Morgan fingerprint density at radius 1 is 1.20 bits per heavy atom. The fraction of sp³-hybridized carbons (Fsp3) is 0.167. The van der Waals surface area contributed by atoms with Gasteiger partial charge in [-0.05, 0) is 19.1 Å². The fourth-order valence-electron chi connectivity index (χ4n) is 2.83. The Bertz CT molecular complexity index is 996. The molecule has 0 unspecified atom stereocenters. The molecule has 0 aliphatic heterocycles. The van der Waals surface area contributed by atoms with Gasteiger partial charge in [-0.1, -0.05) is 12.1 Å². The first-order valence-electron chi connectivity index (χ1n) is 7.94. The molecule has 126 valence electrons. The molecule has 0 amide bonds. The molecule has 0 spiro atoms. The predicted octanol–water partition coefficient (Wildman–Crippen LogP) is 2.82. The smallest absolute Gasteiger partial charge is 0.160 e. The van der Waals surface area contributed by atoms with Gasteiger partial charge in [0.15, 0.2) is 5.82 Å². The molecule has 25 heavy (non-hydrogen) atoms. The van der Waals surface area contributed by atoms with Crippen LogP contribution in [0.1, 0.15) is 11.3 Å². The zero-order valence-corrected chi connectivity index (χ0v) is 14.0. The summed E-state index contributed by atoms with van der Waals surface area (Å²) in [5.41, 5.74) is 3.84. The minimum absolute atomic E-state index is 0.663. The van der Waals surface area contributed by atoms with E-state index in [2.05, 4.69) is 24.6 Å². The van der Waals surface area contributed by atoms with Gasteiger partial charge in [-0.15, -0.1) is 0 Å². The van der Waals surface area contributed by atoms with Gasteiger partial charge in [0.2, 0.25) is 0 Å².